The molecule has 0 aliphatic heterocycles. The fraction of sp³-hybridized carbons (Fsp3) is 0.500. The molecule has 0 rings (SSSR count). The Morgan fingerprint density at radius 1 is 1.46 bits per heavy atom. The lowest BCUT2D eigenvalue weighted by Gasteiger charge is -2.22. The SMILES string of the molecule is C=CCN(CC=C)C(=O)C(C)CN. The fourth-order valence-electron chi connectivity index (χ4n) is 0.979. The van der Waals surface area contributed by atoms with Crippen LogP contribution >= 0.6 is 0 Å². The number of hydrogen-bond donors (Lipinski definition) is 1. The van der Waals surface area contributed by atoms with E-state index in [0.717, 1.165) is 0 Å². The molecule has 0 aliphatic carbocycles. The van der Waals surface area contributed by atoms with Crippen LogP contribution in [0.4, 0.5) is 0 Å². The van der Waals surface area contributed by atoms with Crippen LogP contribution in [0, 0.1) is 5.92 Å². The molecule has 0 bridgehead atoms. The number of nitrogens with zero attached hydrogens (tertiary/aromatic N) is 1. The Morgan fingerprint density at radius 2 is 1.92 bits per heavy atom. The minimum atomic E-state index is -0.125. The highest BCUT2D eigenvalue weighted by molar-refractivity contribution is 5.79. The van der Waals surface area contributed by atoms with Crippen LogP contribution < -0.4 is 5.73 Å². The average molecular weight is 182 g/mol. The predicted molar refractivity (Wildman–Crippen MR) is 55.2 cm³/mol. The van der Waals surface area contributed by atoms with Gasteiger partial charge in [0.25, 0.3) is 0 Å². The van der Waals surface area contributed by atoms with Crippen LogP contribution in [0.3, 0.4) is 0 Å². The quantitative estimate of drug-likeness (QED) is 0.617. The highest BCUT2D eigenvalue weighted by atomic mass is 16.2. The summed E-state index contributed by atoms with van der Waals surface area (Å²) in [5, 5.41) is 0. The Bertz CT molecular complexity index is 179. The summed E-state index contributed by atoms with van der Waals surface area (Å²) < 4.78 is 0. The monoisotopic (exact) mass is 182 g/mol. The van der Waals surface area contributed by atoms with Crippen molar-refractivity contribution >= 4 is 5.91 Å². The normalized spacial score (nSPS) is 11.8. The molecule has 0 fully saturated rings. The lowest BCUT2D eigenvalue weighted by Crippen LogP contribution is -2.38. The van der Waals surface area contributed by atoms with Crippen molar-refractivity contribution in [3.05, 3.63) is 25.3 Å². The summed E-state index contributed by atoms with van der Waals surface area (Å²) in [6.45, 7) is 10.5. The Kier molecular flexibility index (Phi) is 5.89. The fourth-order valence-corrected chi connectivity index (χ4v) is 0.979. The second-order valence-electron chi connectivity index (χ2n) is 2.96. The van der Waals surface area contributed by atoms with E-state index in [2.05, 4.69) is 13.2 Å². The van der Waals surface area contributed by atoms with Crippen molar-refractivity contribution in [3.63, 3.8) is 0 Å². The van der Waals surface area contributed by atoms with E-state index in [-0.39, 0.29) is 11.8 Å². The first-order valence-electron chi connectivity index (χ1n) is 4.38. The molecule has 1 atom stereocenters. The van der Waals surface area contributed by atoms with E-state index < -0.39 is 0 Å². The van der Waals surface area contributed by atoms with Gasteiger partial charge in [0, 0.05) is 25.6 Å². The van der Waals surface area contributed by atoms with Gasteiger partial charge < -0.3 is 10.6 Å². The van der Waals surface area contributed by atoms with Gasteiger partial charge in [-0.1, -0.05) is 19.1 Å². The maximum absolute atomic E-state index is 11.6. The van der Waals surface area contributed by atoms with Crippen LogP contribution in [0.2, 0.25) is 0 Å². The number of carbonyl (C=O) groups excluding carboxylic acids is 1. The molecule has 0 aromatic carbocycles. The molecule has 74 valence electrons. The zero-order valence-corrected chi connectivity index (χ0v) is 8.20. The second kappa shape index (κ2) is 6.43. The minimum Gasteiger partial charge on any atom is -0.335 e. The Balaban J connectivity index is 4.25. The summed E-state index contributed by atoms with van der Waals surface area (Å²) in [6, 6.07) is 0. The predicted octanol–water partition coefficient (Wildman–Crippen LogP) is 0.782. The number of amides is 1. The standard InChI is InChI=1S/C10H18N2O/c1-4-6-12(7-5-2)10(13)9(3)8-11/h4-5,9H,1-2,6-8,11H2,3H3. The summed E-state index contributed by atoms with van der Waals surface area (Å²) in [5.74, 6) is -0.0674. The Morgan fingerprint density at radius 3 is 2.23 bits per heavy atom. The van der Waals surface area contributed by atoms with E-state index in [1.807, 2.05) is 6.92 Å². The van der Waals surface area contributed by atoms with E-state index in [1.54, 1.807) is 17.1 Å². The van der Waals surface area contributed by atoms with Crippen molar-refractivity contribution in [2.75, 3.05) is 19.6 Å². The maximum Gasteiger partial charge on any atom is 0.227 e. The van der Waals surface area contributed by atoms with Crippen LogP contribution in [0.25, 0.3) is 0 Å². The Labute approximate surface area is 79.9 Å². The molecule has 1 amide bonds. The molecule has 3 heteroatoms. The topological polar surface area (TPSA) is 46.3 Å². The lowest BCUT2D eigenvalue weighted by atomic mass is 10.1. The average Bonchev–Trinajstić information content (AvgIpc) is 2.15. The van der Waals surface area contributed by atoms with E-state index in [1.165, 1.54) is 0 Å². The minimum absolute atomic E-state index is 0.0577. The summed E-state index contributed by atoms with van der Waals surface area (Å²) in [4.78, 5) is 13.3. The van der Waals surface area contributed by atoms with E-state index in [9.17, 15) is 4.79 Å². The van der Waals surface area contributed by atoms with E-state index in [0.29, 0.717) is 19.6 Å². The molecule has 0 aromatic heterocycles. The van der Waals surface area contributed by atoms with Gasteiger partial charge in [-0.15, -0.1) is 13.2 Å². The summed E-state index contributed by atoms with van der Waals surface area (Å²) in [5.41, 5.74) is 5.40. The van der Waals surface area contributed by atoms with Gasteiger partial charge in [0.1, 0.15) is 0 Å². The number of nitrogens with two attached hydrogens (primary N) is 1. The summed E-state index contributed by atoms with van der Waals surface area (Å²) in [7, 11) is 0. The van der Waals surface area contributed by atoms with Crippen molar-refractivity contribution in [2.24, 2.45) is 11.7 Å². The van der Waals surface area contributed by atoms with Crippen LogP contribution in [0.1, 0.15) is 6.92 Å². The zero-order chi connectivity index (χ0) is 10.3. The highest BCUT2D eigenvalue weighted by Crippen LogP contribution is 2.00. The molecule has 13 heavy (non-hydrogen) atoms. The molecule has 0 saturated heterocycles. The van der Waals surface area contributed by atoms with Gasteiger partial charge in [-0.25, -0.2) is 0 Å². The van der Waals surface area contributed by atoms with Gasteiger partial charge in [0.2, 0.25) is 5.91 Å². The van der Waals surface area contributed by atoms with Crippen molar-refractivity contribution in [1.82, 2.24) is 4.90 Å². The number of hydrogen-bond acceptors (Lipinski definition) is 2. The van der Waals surface area contributed by atoms with Gasteiger partial charge in [0.05, 0.1) is 0 Å². The van der Waals surface area contributed by atoms with Crippen molar-refractivity contribution in [3.8, 4) is 0 Å². The highest BCUT2D eigenvalue weighted by Gasteiger charge is 2.16. The third kappa shape index (κ3) is 3.90. The largest absolute Gasteiger partial charge is 0.335 e. The van der Waals surface area contributed by atoms with Gasteiger partial charge in [0.15, 0.2) is 0 Å². The third-order valence-corrected chi connectivity index (χ3v) is 1.79. The third-order valence-electron chi connectivity index (χ3n) is 1.79. The molecule has 2 N–H and O–H groups in total. The summed E-state index contributed by atoms with van der Waals surface area (Å²) >= 11 is 0. The molecule has 0 aliphatic rings. The van der Waals surface area contributed by atoms with E-state index in [4.69, 9.17) is 5.73 Å². The van der Waals surface area contributed by atoms with Crippen molar-refractivity contribution in [2.45, 2.75) is 6.92 Å². The second-order valence-corrected chi connectivity index (χ2v) is 2.96. The van der Waals surface area contributed by atoms with Gasteiger partial charge in [-0.3, -0.25) is 4.79 Å². The maximum atomic E-state index is 11.6. The number of rotatable bonds is 6. The summed E-state index contributed by atoms with van der Waals surface area (Å²) in [6.07, 6.45) is 3.40. The van der Waals surface area contributed by atoms with Crippen molar-refractivity contribution < 1.29 is 4.79 Å². The molecule has 0 spiro atoms. The lowest BCUT2D eigenvalue weighted by molar-refractivity contribution is -0.133. The number of carbonyl (C=O) groups is 1. The Hall–Kier alpha value is -1.09. The molecular weight excluding hydrogens is 164 g/mol. The smallest absolute Gasteiger partial charge is 0.227 e. The molecule has 3 nitrogen and oxygen atoms in total. The first kappa shape index (κ1) is 11.9. The van der Waals surface area contributed by atoms with E-state index >= 15 is 0 Å². The molecule has 0 saturated carbocycles. The first-order valence-corrected chi connectivity index (χ1v) is 4.38. The van der Waals surface area contributed by atoms with Gasteiger partial charge in [-0.05, 0) is 0 Å². The molecule has 0 aromatic rings. The van der Waals surface area contributed by atoms with Crippen LogP contribution in [0.5, 0.6) is 0 Å². The van der Waals surface area contributed by atoms with Crippen LogP contribution in [0.15, 0.2) is 25.3 Å². The first-order chi connectivity index (χ1) is 6.17. The molecule has 1 unspecified atom stereocenters. The zero-order valence-electron chi connectivity index (χ0n) is 8.20. The van der Waals surface area contributed by atoms with Crippen molar-refractivity contribution in [1.29, 1.82) is 0 Å². The van der Waals surface area contributed by atoms with Crippen LogP contribution in [-0.4, -0.2) is 30.4 Å². The van der Waals surface area contributed by atoms with Gasteiger partial charge >= 0.3 is 0 Å². The molecular formula is C10H18N2O. The molecule has 0 heterocycles. The van der Waals surface area contributed by atoms with Gasteiger partial charge in [-0.2, -0.15) is 0 Å². The van der Waals surface area contributed by atoms with Crippen LogP contribution in [-0.2, 0) is 4.79 Å². The molecule has 0 radical (unpaired) electrons.